The van der Waals surface area contributed by atoms with E-state index >= 15 is 0 Å². The Kier molecular flexibility index (Phi) is 5.21. The van der Waals surface area contributed by atoms with E-state index < -0.39 is 0 Å². The summed E-state index contributed by atoms with van der Waals surface area (Å²) in [7, 11) is 0. The van der Waals surface area contributed by atoms with E-state index in [-0.39, 0.29) is 10.8 Å². The van der Waals surface area contributed by atoms with Crippen LogP contribution >= 0.6 is 0 Å². The van der Waals surface area contributed by atoms with Crippen LogP contribution in [-0.4, -0.2) is 6.41 Å². The first-order valence-corrected chi connectivity index (χ1v) is 7.22. The first-order valence-electron chi connectivity index (χ1n) is 7.22. The van der Waals surface area contributed by atoms with E-state index in [4.69, 9.17) is 4.84 Å². The van der Waals surface area contributed by atoms with Gasteiger partial charge in [-0.3, -0.25) is 4.79 Å². The molecule has 3 nitrogen and oxygen atoms in total. The van der Waals surface area contributed by atoms with Gasteiger partial charge in [0.05, 0.1) is 0 Å². The standard InChI is InChI=1S/C17H26NO2/c1-7-16(3,4)13-9-10-15(20-18-12-19)14(11-13)17(5,6)8-2/h9-11H,7-8H2,1-6H3,(H,18,19). The molecule has 1 N–H and O–H groups in total. The summed E-state index contributed by atoms with van der Waals surface area (Å²) in [5, 5.41) is 0. The minimum Gasteiger partial charge on any atom is -0.379 e. The molecule has 0 aliphatic heterocycles. The summed E-state index contributed by atoms with van der Waals surface area (Å²) >= 11 is 0. The highest BCUT2D eigenvalue weighted by atomic mass is 16.7. The zero-order valence-corrected chi connectivity index (χ0v) is 13.5. The summed E-state index contributed by atoms with van der Waals surface area (Å²) in [5.41, 5.74) is 4.68. The van der Waals surface area contributed by atoms with E-state index in [0.29, 0.717) is 5.75 Å². The molecule has 0 saturated carbocycles. The summed E-state index contributed by atoms with van der Waals surface area (Å²) < 4.78 is 0. The molecule has 0 saturated heterocycles. The van der Waals surface area contributed by atoms with Gasteiger partial charge in [0.1, 0.15) is 0 Å². The van der Waals surface area contributed by atoms with Crippen molar-refractivity contribution in [1.29, 1.82) is 0 Å². The molecule has 1 radical (unpaired) electrons. The first kappa shape index (κ1) is 16.5. The van der Waals surface area contributed by atoms with Crippen LogP contribution in [0.2, 0.25) is 0 Å². The number of benzene rings is 1. The quantitative estimate of drug-likeness (QED) is 0.603. The van der Waals surface area contributed by atoms with Crippen molar-refractivity contribution in [1.82, 2.24) is 5.48 Å². The molecule has 1 rings (SSSR count). The first-order chi connectivity index (χ1) is 9.28. The fourth-order valence-electron chi connectivity index (χ4n) is 2.04. The maximum atomic E-state index is 10.3. The molecule has 0 heterocycles. The SMILES string of the molecule is CCC(C)(C)c1ccc(ON[C]=O)c(C(C)(C)CC)c1. The molecule has 0 aliphatic rings. The zero-order chi connectivity index (χ0) is 15.4. The molecule has 1 aromatic rings. The van der Waals surface area contributed by atoms with Gasteiger partial charge in [-0.15, -0.1) is 0 Å². The van der Waals surface area contributed by atoms with Crippen LogP contribution in [0, 0.1) is 0 Å². The molecule has 0 bridgehead atoms. The van der Waals surface area contributed by atoms with Crippen molar-refractivity contribution in [3.05, 3.63) is 29.3 Å². The molecule has 0 spiro atoms. The maximum Gasteiger partial charge on any atom is 0.344 e. The molecule has 1 aromatic carbocycles. The third-order valence-corrected chi connectivity index (χ3v) is 4.46. The number of hydrogen-bond acceptors (Lipinski definition) is 2. The van der Waals surface area contributed by atoms with Crippen LogP contribution in [0.3, 0.4) is 0 Å². The highest BCUT2D eigenvalue weighted by Crippen LogP contribution is 2.38. The molecule has 0 unspecified atom stereocenters. The molecule has 0 fully saturated rings. The second-order valence-electron chi connectivity index (χ2n) is 6.49. The van der Waals surface area contributed by atoms with E-state index in [2.05, 4.69) is 59.2 Å². The van der Waals surface area contributed by atoms with Crippen LogP contribution in [-0.2, 0) is 15.6 Å². The number of hydroxylamine groups is 1. The summed E-state index contributed by atoms with van der Waals surface area (Å²) in [6.07, 6.45) is 3.61. The van der Waals surface area contributed by atoms with Gasteiger partial charge < -0.3 is 4.84 Å². The lowest BCUT2D eigenvalue weighted by molar-refractivity contribution is 0.246. The van der Waals surface area contributed by atoms with Gasteiger partial charge in [-0.25, -0.2) is 0 Å². The Morgan fingerprint density at radius 1 is 1.10 bits per heavy atom. The van der Waals surface area contributed by atoms with Gasteiger partial charge in [0, 0.05) is 5.56 Å². The average molecular weight is 276 g/mol. The van der Waals surface area contributed by atoms with Crippen LogP contribution in [0.5, 0.6) is 5.75 Å². The van der Waals surface area contributed by atoms with E-state index in [9.17, 15) is 4.79 Å². The van der Waals surface area contributed by atoms with Gasteiger partial charge >= 0.3 is 6.41 Å². The molecule has 1 amide bonds. The molecule has 0 aromatic heterocycles. The molecule has 20 heavy (non-hydrogen) atoms. The second-order valence-corrected chi connectivity index (χ2v) is 6.49. The highest BCUT2D eigenvalue weighted by Gasteiger charge is 2.26. The molecule has 0 aliphatic carbocycles. The Morgan fingerprint density at radius 3 is 2.20 bits per heavy atom. The lowest BCUT2D eigenvalue weighted by Crippen LogP contribution is -2.24. The summed E-state index contributed by atoms with van der Waals surface area (Å²) in [4.78, 5) is 15.6. The molecular weight excluding hydrogens is 250 g/mol. The smallest absolute Gasteiger partial charge is 0.344 e. The van der Waals surface area contributed by atoms with E-state index in [1.807, 2.05) is 6.07 Å². The third kappa shape index (κ3) is 3.53. The van der Waals surface area contributed by atoms with E-state index in [1.165, 1.54) is 5.56 Å². The monoisotopic (exact) mass is 276 g/mol. The van der Waals surface area contributed by atoms with Crippen LogP contribution < -0.4 is 10.3 Å². The number of rotatable bonds is 7. The zero-order valence-electron chi connectivity index (χ0n) is 13.5. The third-order valence-electron chi connectivity index (χ3n) is 4.46. The number of hydrogen-bond donors (Lipinski definition) is 1. The van der Waals surface area contributed by atoms with Crippen molar-refractivity contribution < 1.29 is 9.63 Å². The lowest BCUT2D eigenvalue weighted by Gasteiger charge is -2.30. The Hall–Kier alpha value is -1.51. The minimum atomic E-state index is -0.0142. The lowest BCUT2D eigenvalue weighted by atomic mass is 9.76. The van der Waals surface area contributed by atoms with Crippen LogP contribution in [0.1, 0.15) is 65.5 Å². The normalized spacial score (nSPS) is 12.1. The molecular formula is C17H26NO2. The Bertz CT molecular complexity index is 464. The van der Waals surface area contributed by atoms with Crippen LogP contribution in [0.4, 0.5) is 0 Å². The molecule has 0 atom stereocenters. The van der Waals surface area contributed by atoms with E-state index in [1.54, 1.807) is 6.41 Å². The Labute approximate surface area is 122 Å². The van der Waals surface area contributed by atoms with Crippen molar-refractivity contribution in [2.24, 2.45) is 0 Å². The van der Waals surface area contributed by atoms with Crippen molar-refractivity contribution in [3.63, 3.8) is 0 Å². The largest absolute Gasteiger partial charge is 0.379 e. The van der Waals surface area contributed by atoms with Crippen molar-refractivity contribution >= 4 is 6.41 Å². The van der Waals surface area contributed by atoms with Crippen LogP contribution in [0.25, 0.3) is 0 Å². The van der Waals surface area contributed by atoms with Crippen molar-refractivity contribution in [3.8, 4) is 5.75 Å². The number of carbonyl (C=O) groups excluding carboxylic acids is 1. The fraction of sp³-hybridized carbons (Fsp3) is 0.588. The number of nitrogens with one attached hydrogen (secondary N) is 1. The topological polar surface area (TPSA) is 38.3 Å². The summed E-state index contributed by atoms with van der Waals surface area (Å²) in [5.74, 6) is 0.691. The van der Waals surface area contributed by atoms with Gasteiger partial charge in [0.15, 0.2) is 5.75 Å². The molecule has 111 valence electrons. The minimum absolute atomic E-state index is 0.0142. The number of amides is 1. The predicted octanol–water partition coefficient (Wildman–Crippen LogP) is 4.01. The Morgan fingerprint density at radius 2 is 1.70 bits per heavy atom. The van der Waals surface area contributed by atoms with Gasteiger partial charge in [0.25, 0.3) is 0 Å². The van der Waals surface area contributed by atoms with Gasteiger partial charge in [-0.2, -0.15) is 5.48 Å². The summed E-state index contributed by atoms with van der Waals surface area (Å²) in [6, 6.07) is 6.21. The predicted molar refractivity (Wildman–Crippen MR) is 82.5 cm³/mol. The molecule has 3 heteroatoms. The summed E-state index contributed by atoms with van der Waals surface area (Å²) in [6.45, 7) is 13.2. The van der Waals surface area contributed by atoms with E-state index in [0.717, 1.165) is 18.4 Å². The average Bonchev–Trinajstić information content (AvgIpc) is 2.44. The van der Waals surface area contributed by atoms with Gasteiger partial charge in [0.2, 0.25) is 0 Å². The second kappa shape index (κ2) is 6.29. The maximum absolute atomic E-state index is 10.3. The van der Waals surface area contributed by atoms with Crippen molar-refractivity contribution in [2.75, 3.05) is 0 Å². The fourth-order valence-corrected chi connectivity index (χ4v) is 2.04. The van der Waals surface area contributed by atoms with Crippen molar-refractivity contribution in [2.45, 2.75) is 65.2 Å². The highest BCUT2D eigenvalue weighted by molar-refractivity contribution is 5.48. The van der Waals surface area contributed by atoms with Crippen LogP contribution in [0.15, 0.2) is 18.2 Å². The van der Waals surface area contributed by atoms with Gasteiger partial charge in [-0.05, 0) is 35.3 Å². The Balaban J connectivity index is 3.32. The van der Waals surface area contributed by atoms with Gasteiger partial charge in [-0.1, -0.05) is 53.7 Å².